The van der Waals surface area contributed by atoms with E-state index >= 15 is 0 Å². The van der Waals surface area contributed by atoms with Crippen LogP contribution < -0.4 is 14.8 Å². The molecule has 1 amide bonds. The molecule has 1 atom stereocenters. The molecule has 0 saturated heterocycles. The number of nitrogens with zero attached hydrogens (tertiary/aromatic N) is 2. The molecule has 160 valence electrons. The standard InChI is InChI=1S/C24H25N3O4/c1-13-6-7-16(10-14(13)2)27-24-22(15(3)26-27)19(12-21(28)25-24)23(29)18-11-17(30-4)8-9-20(18)31-5/h6-11,19H,12H2,1-5H3,(H,25,28)/t19-/m0/s1. The van der Waals surface area contributed by atoms with E-state index in [1.165, 1.54) is 12.7 Å². The number of hydrogen-bond acceptors (Lipinski definition) is 5. The average Bonchev–Trinajstić information content (AvgIpc) is 3.10. The number of carbonyl (C=O) groups excluding carboxylic acids is 2. The number of rotatable bonds is 5. The number of carbonyl (C=O) groups is 2. The highest BCUT2D eigenvalue weighted by Crippen LogP contribution is 2.40. The van der Waals surface area contributed by atoms with Crippen LogP contribution in [0.2, 0.25) is 0 Å². The molecule has 7 heteroatoms. The first-order valence-electron chi connectivity index (χ1n) is 10.1. The molecule has 3 aromatic rings. The monoisotopic (exact) mass is 419 g/mol. The lowest BCUT2D eigenvalue weighted by atomic mass is 9.85. The van der Waals surface area contributed by atoms with Crippen LogP contribution in [0.15, 0.2) is 36.4 Å². The Morgan fingerprint density at radius 1 is 1.06 bits per heavy atom. The Bertz CT molecular complexity index is 1200. The molecule has 4 rings (SSSR count). The third kappa shape index (κ3) is 3.56. The minimum Gasteiger partial charge on any atom is -0.497 e. The van der Waals surface area contributed by atoms with E-state index in [2.05, 4.69) is 10.4 Å². The van der Waals surface area contributed by atoms with Crippen molar-refractivity contribution in [2.75, 3.05) is 19.5 Å². The lowest BCUT2D eigenvalue weighted by Gasteiger charge is -2.24. The summed E-state index contributed by atoms with van der Waals surface area (Å²) in [7, 11) is 3.06. The van der Waals surface area contributed by atoms with E-state index in [-0.39, 0.29) is 18.1 Å². The number of aryl methyl sites for hydroxylation is 3. The quantitative estimate of drug-likeness (QED) is 0.629. The zero-order valence-corrected chi connectivity index (χ0v) is 18.3. The average molecular weight is 419 g/mol. The maximum atomic E-state index is 13.6. The molecule has 7 nitrogen and oxygen atoms in total. The van der Waals surface area contributed by atoms with E-state index in [9.17, 15) is 9.59 Å². The van der Waals surface area contributed by atoms with Crippen molar-refractivity contribution in [1.29, 1.82) is 0 Å². The predicted octanol–water partition coefficient (Wildman–Crippen LogP) is 4.12. The molecule has 1 aliphatic heterocycles. The van der Waals surface area contributed by atoms with Crippen molar-refractivity contribution in [2.24, 2.45) is 0 Å². The van der Waals surface area contributed by atoms with Crippen molar-refractivity contribution in [3.05, 3.63) is 64.3 Å². The molecule has 0 aliphatic carbocycles. The number of aromatic nitrogens is 2. The number of amides is 1. The number of ether oxygens (including phenoxy) is 2. The van der Waals surface area contributed by atoms with E-state index in [0.29, 0.717) is 28.6 Å². The van der Waals surface area contributed by atoms with Crippen LogP contribution in [0, 0.1) is 20.8 Å². The Kier molecular flexibility index (Phi) is 5.27. The van der Waals surface area contributed by atoms with Crippen LogP contribution in [0.4, 0.5) is 5.82 Å². The second kappa shape index (κ2) is 7.91. The Balaban J connectivity index is 1.84. The summed E-state index contributed by atoms with van der Waals surface area (Å²) in [6.45, 7) is 5.93. The zero-order valence-electron chi connectivity index (χ0n) is 18.3. The summed E-state index contributed by atoms with van der Waals surface area (Å²) < 4.78 is 12.4. The summed E-state index contributed by atoms with van der Waals surface area (Å²) in [5, 5.41) is 7.59. The van der Waals surface area contributed by atoms with Crippen LogP contribution in [-0.2, 0) is 4.79 Å². The van der Waals surface area contributed by atoms with E-state index in [0.717, 1.165) is 16.8 Å². The van der Waals surface area contributed by atoms with Gasteiger partial charge in [0.15, 0.2) is 5.78 Å². The van der Waals surface area contributed by atoms with Crippen molar-refractivity contribution in [1.82, 2.24) is 9.78 Å². The molecule has 31 heavy (non-hydrogen) atoms. The predicted molar refractivity (Wildman–Crippen MR) is 118 cm³/mol. The summed E-state index contributed by atoms with van der Waals surface area (Å²) in [6.07, 6.45) is 0.0473. The van der Waals surface area contributed by atoms with Gasteiger partial charge in [-0.1, -0.05) is 6.07 Å². The Hall–Kier alpha value is -3.61. The first-order chi connectivity index (χ1) is 14.8. The number of methoxy groups -OCH3 is 2. The first kappa shape index (κ1) is 20.7. The van der Waals surface area contributed by atoms with Gasteiger partial charge in [0.1, 0.15) is 17.3 Å². The summed E-state index contributed by atoms with van der Waals surface area (Å²) in [5.74, 6) is 0.444. The van der Waals surface area contributed by atoms with Crippen LogP contribution in [0.3, 0.4) is 0 Å². The van der Waals surface area contributed by atoms with Gasteiger partial charge in [0.05, 0.1) is 37.1 Å². The highest BCUT2D eigenvalue weighted by Gasteiger charge is 2.37. The first-order valence-corrected chi connectivity index (χ1v) is 10.1. The SMILES string of the molecule is COc1ccc(OC)c(C(=O)[C@H]2CC(=O)Nc3c2c(C)nn3-c2ccc(C)c(C)c2)c1. The fourth-order valence-electron chi connectivity index (χ4n) is 4.01. The molecular formula is C24H25N3O4. The molecule has 0 radical (unpaired) electrons. The third-order valence-corrected chi connectivity index (χ3v) is 5.83. The van der Waals surface area contributed by atoms with Gasteiger partial charge in [-0.25, -0.2) is 4.68 Å². The summed E-state index contributed by atoms with van der Waals surface area (Å²) >= 11 is 0. The van der Waals surface area contributed by atoms with Gasteiger partial charge in [0, 0.05) is 12.0 Å². The van der Waals surface area contributed by atoms with E-state index in [4.69, 9.17) is 9.47 Å². The van der Waals surface area contributed by atoms with Gasteiger partial charge >= 0.3 is 0 Å². The smallest absolute Gasteiger partial charge is 0.226 e. The molecule has 2 aromatic carbocycles. The second-order valence-electron chi connectivity index (χ2n) is 7.76. The Morgan fingerprint density at radius 3 is 2.52 bits per heavy atom. The summed E-state index contributed by atoms with van der Waals surface area (Å²) in [5.41, 5.74) is 4.94. The fourth-order valence-corrected chi connectivity index (χ4v) is 4.01. The highest BCUT2D eigenvalue weighted by atomic mass is 16.5. The maximum Gasteiger partial charge on any atom is 0.226 e. The Labute approximate surface area is 181 Å². The van der Waals surface area contributed by atoms with Gasteiger partial charge in [-0.05, 0) is 62.2 Å². The van der Waals surface area contributed by atoms with Gasteiger partial charge in [0.25, 0.3) is 0 Å². The normalized spacial score (nSPS) is 15.3. The Morgan fingerprint density at radius 2 is 1.84 bits per heavy atom. The minimum absolute atomic E-state index is 0.0473. The number of Topliss-reactive ketones (excluding diaryl/α,β-unsaturated/α-hetero) is 1. The lowest BCUT2D eigenvalue weighted by Crippen LogP contribution is -2.28. The number of ketones is 1. The number of nitrogens with one attached hydrogen (secondary N) is 1. The van der Waals surface area contributed by atoms with Crippen molar-refractivity contribution in [2.45, 2.75) is 33.1 Å². The maximum absolute atomic E-state index is 13.6. The van der Waals surface area contributed by atoms with Crippen LogP contribution >= 0.6 is 0 Å². The number of anilines is 1. The number of fused-ring (bicyclic) bond motifs is 1. The van der Waals surface area contributed by atoms with Crippen LogP contribution in [0.25, 0.3) is 5.69 Å². The van der Waals surface area contributed by atoms with Crippen LogP contribution in [0.5, 0.6) is 11.5 Å². The van der Waals surface area contributed by atoms with Gasteiger partial charge in [-0.3, -0.25) is 9.59 Å². The fraction of sp³-hybridized carbons (Fsp3) is 0.292. The van der Waals surface area contributed by atoms with E-state index in [1.807, 2.05) is 39.0 Å². The van der Waals surface area contributed by atoms with Crippen molar-refractivity contribution >= 4 is 17.5 Å². The van der Waals surface area contributed by atoms with Crippen molar-refractivity contribution in [3.8, 4) is 17.2 Å². The molecular weight excluding hydrogens is 394 g/mol. The highest BCUT2D eigenvalue weighted by molar-refractivity contribution is 6.09. The van der Waals surface area contributed by atoms with E-state index in [1.54, 1.807) is 30.0 Å². The second-order valence-corrected chi connectivity index (χ2v) is 7.76. The molecule has 0 saturated carbocycles. The van der Waals surface area contributed by atoms with Crippen molar-refractivity contribution in [3.63, 3.8) is 0 Å². The number of hydrogen-bond donors (Lipinski definition) is 1. The van der Waals surface area contributed by atoms with Crippen molar-refractivity contribution < 1.29 is 19.1 Å². The molecule has 0 fully saturated rings. The largest absolute Gasteiger partial charge is 0.497 e. The topological polar surface area (TPSA) is 82.4 Å². The zero-order chi connectivity index (χ0) is 22.3. The molecule has 2 heterocycles. The molecule has 1 N–H and O–H groups in total. The van der Waals surface area contributed by atoms with E-state index < -0.39 is 5.92 Å². The molecule has 0 bridgehead atoms. The summed E-state index contributed by atoms with van der Waals surface area (Å²) in [6, 6.07) is 11.1. The van der Waals surface area contributed by atoms with Gasteiger partial charge in [-0.15, -0.1) is 0 Å². The molecule has 1 aromatic heterocycles. The summed E-state index contributed by atoms with van der Waals surface area (Å²) in [4.78, 5) is 26.2. The lowest BCUT2D eigenvalue weighted by molar-refractivity contribution is -0.116. The van der Waals surface area contributed by atoms with Gasteiger partial charge in [0.2, 0.25) is 5.91 Å². The molecule has 0 unspecified atom stereocenters. The molecule has 1 aliphatic rings. The van der Waals surface area contributed by atoms with Crippen LogP contribution in [0.1, 0.15) is 45.1 Å². The van der Waals surface area contributed by atoms with Gasteiger partial charge in [-0.2, -0.15) is 5.10 Å². The minimum atomic E-state index is -0.662. The third-order valence-electron chi connectivity index (χ3n) is 5.83. The van der Waals surface area contributed by atoms with Gasteiger partial charge < -0.3 is 14.8 Å². The van der Waals surface area contributed by atoms with Crippen LogP contribution in [-0.4, -0.2) is 35.7 Å². The molecule has 0 spiro atoms. The number of benzene rings is 2.